The fourth-order valence-electron chi connectivity index (χ4n) is 2.86. The second kappa shape index (κ2) is 6.32. The van der Waals surface area contributed by atoms with Gasteiger partial charge in [-0.05, 0) is 37.6 Å². The van der Waals surface area contributed by atoms with Crippen molar-refractivity contribution < 1.29 is 9.53 Å². The van der Waals surface area contributed by atoms with Gasteiger partial charge in [-0.3, -0.25) is 9.48 Å². The molecule has 0 saturated carbocycles. The van der Waals surface area contributed by atoms with Crippen LogP contribution in [0.1, 0.15) is 29.8 Å². The van der Waals surface area contributed by atoms with Crippen molar-refractivity contribution in [2.45, 2.75) is 32.6 Å². The third kappa shape index (κ3) is 3.36. The lowest BCUT2D eigenvalue weighted by Crippen LogP contribution is -2.48. The normalized spacial score (nSPS) is 21.8. The number of nitrogens with zero attached hydrogens (tertiary/aromatic N) is 3. The van der Waals surface area contributed by atoms with Crippen molar-refractivity contribution in [3.8, 4) is 0 Å². The molecule has 0 spiro atoms. The maximum atomic E-state index is 12.6. The summed E-state index contributed by atoms with van der Waals surface area (Å²) in [6, 6.07) is 9.67. The number of carbonyl (C=O) groups is 1. The molecule has 0 bridgehead atoms. The minimum absolute atomic E-state index is 0.0765. The Hall–Kier alpha value is -2.14. The standard InChI is InChI=1S/C17H21N3O2/c1-13-10-19(11-14(2)22-13)17(21)16-6-4-15(5-7-16)12-20-9-3-8-18-20/h3-9,13-14H,10-12H2,1-2H3/t13-,14+. The Morgan fingerprint density at radius 1 is 1.23 bits per heavy atom. The van der Waals surface area contributed by atoms with Crippen LogP contribution in [0.5, 0.6) is 0 Å². The average molecular weight is 299 g/mol. The van der Waals surface area contributed by atoms with Crippen LogP contribution < -0.4 is 0 Å². The van der Waals surface area contributed by atoms with Gasteiger partial charge in [-0.15, -0.1) is 0 Å². The molecule has 2 atom stereocenters. The summed E-state index contributed by atoms with van der Waals surface area (Å²) in [6.45, 7) is 6.02. The van der Waals surface area contributed by atoms with E-state index in [0.717, 1.165) is 11.1 Å². The molecule has 5 heteroatoms. The highest BCUT2D eigenvalue weighted by Gasteiger charge is 2.26. The van der Waals surface area contributed by atoms with Crippen LogP contribution in [0, 0.1) is 0 Å². The number of carbonyl (C=O) groups excluding carboxylic acids is 1. The van der Waals surface area contributed by atoms with Gasteiger partial charge in [-0.2, -0.15) is 5.10 Å². The van der Waals surface area contributed by atoms with E-state index >= 15 is 0 Å². The van der Waals surface area contributed by atoms with E-state index in [1.807, 2.05) is 60.0 Å². The highest BCUT2D eigenvalue weighted by molar-refractivity contribution is 5.94. The number of hydrogen-bond acceptors (Lipinski definition) is 3. The Morgan fingerprint density at radius 3 is 2.50 bits per heavy atom. The van der Waals surface area contributed by atoms with Crippen molar-refractivity contribution in [3.05, 3.63) is 53.9 Å². The van der Waals surface area contributed by atoms with Gasteiger partial charge in [-0.25, -0.2) is 0 Å². The highest BCUT2D eigenvalue weighted by Crippen LogP contribution is 2.15. The highest BCUT2D eigenvalue weighted by atomic mass is 16.5. The van der Waals surface area contributed by atoms with Gasteiger partial charge < -0.3 is 9.64 Å². The summed E-state index contributed by atoms with van der Waals surface area (Å²) < 4.78 is 7.54. The molecule has 1 aliphatic heterocycles. The average Bonchev–Trinajstić information content (AvgIpc) is 2.99. The van der Waals surface area contributed by atoms with Gasteiger partial charge in [0.1, 0.15) is 0 Å². The van der Waals surface area contributed by atoms with Crippen LogP contribution in [0.25, 0.3) is 0 Å². The Morgan fingerprint density at radius 2 is 1.91 bits per heavy atom. The molecular weight excluding hydrogens is 278 g/mol. The maximum absolute atomic E-state index is 12.6. The molecule has 5 nitrogen and oxygen atoms in total. The van der Waals surface area contributed by atoms with Crippen molar-refractivity contribution in [2.24, 2.45) is 0 Å². The van der Waals surface area contributed by atoms with Gasteiger partial charge in [-0.1, -0.05) is 12.1 Å². The van der Waals surface area contributed by atoms with E-state index < -0.39 is 0 Å². The number of aromatic nitrogens is 2. The first-order valence-corrected chi connectivity index (χ1v) is 7.63. The van der Waals surface area contributed by atoms with Gasteiger partial charge in [0.05, 0.1) is 18.8 Å². The molecule has 116 valence electrons. The lowest BCUT2D eigenvalue weighted by Gasteiger charge is -2.35. The van der Waals surface area contributed by atoms with Crippen LogP contribution in [-0.2, 0) is 11.3 Å². The summed E-state index contributed by atoms with van der Waals surface area (Å²) in [5.41, 5.74) is 1.86. The van der Waals surface area contributed by atoms with Crippen molar-refractivity contribution in [1.82, 2.24) is 14.7 Å². The number of ether oxygens (including phenoxy) is 1. The second-order valence-corrected chi connectivity index (χ2v) is 5.87. The summed E-state index contributed by atoms with van der Waals surface area (Å²) >= 11 is 0. The summed E-state index contributed by atoms with van der Waals surface area (Å²) in [4.78, 5) is 14.4. The fraction of sp³-hybridized carbons (Fsp3) is 0.412. The van der Waals surface area contributed by atoms with Crippen molar-refractivity contribution in [3.63, 3.8) is 0 Å². The van der Waals surface area contributed by atoms with E-state index in [4.69, 9.17) is 4.74 Å². The number of hydrogen-bond donors (Lipinski definition) is 0. The van der Waals surface area contributed by atoms with Crippen LogP contribution in [0.15, 0.2) is 42.7 Å². The summed E-state index contributed by atoms with van der Waals surface area (Å²) in [5, 5.41) is 4.19. The molecule has 1 amide bonds. The number of amides is 1. The zero-order chi connectivity index (χ0) is 15.5. The van der Waals surface area contributed by atoms with Crippen LogP contribution >= 0.6 is 0 Å². The molecule has 22 heavy (non-hydrogen) atoms. The van der Waals surface area contributed by atoms with Gasteiger partial charge in [0, 0.05) is 31.0 Å². The first-order valence-electron chi connectivity index (χ1n) is 7.63. The lowest BCUT2D eigenvalue weighted by atomic mass is 10.1. The van der Waals surface area contributed by atoms with E-state index in [2.05, 4.69) is 5.10 Å². The van der Waals surface area contributed by atoms with E-state index in [1.54, 1.807) is 6.20 Å². The summed E-state index contributed by atoms with van der Waals surface area (Å²) in [7, 11) is 0. The molecule has 1 aliphatic rings. The number of rotatable bonds is 3. The third-order valence-corrected chi connectivity index (χ3v) is 3.81. The van der Waals surface area contributed by atoms with Crippen LogP contribution in [-0.4, -0.2) is 45.9 Å². The molecule has 2 aromatic rings. The predicted octanol–water partition coefficient (Wildman–Crippen LogP) is 2.18. The van der Waals surface area contributed by atoms with E-state index in [1.165, 1.54) is 0 Å². The topological polar surface area (TPSA) is 47.4 Å². The Labute approximate surface area is 130 Å². The van der Waals surface area contributed by atoms with E-state index in [0.29, 0.717) is 19.6 Å². The first kappa shape index (κ1) is 14.8. The molecule has 0 radical (unpaired) electrons. The van der Waals surface area contributed by atoms with E-state index in [-0.39, 0.29) is 18.1 Å². The van der Waals surface area contributed by atoms with Gasteiger partial charge in [0.25, 0.3) is 5.91 Å². The van der Waals surface area contributed by atoms with Crippen molar-refractivity contribution >= 4 is 5.91 Å². The van der Waals surface area contributed by atoms with Crippen molar-refractivity contribution in [1.29, 1.82) is 0 Å². The molecule has 0 aliphatic carbocycles. The van der Waals surface area contributed by atoms with Crippen LogP contribution in [0.3, 0.4) is 0 Å². The Bertz CT molecular complexity index is 612. The third-order valence-electron chi connectivity index (χ3n) is 3.81. The largest absolute Gasteiger partial charge is 0.372 e. The molecule has 1 aromatic heterocycles. The smallest absolute Gasteiger partial charge is 0.254 e. The van der Waals surface area contributed by atoms with Crippen LogP contribution in [0.2, 0.25) is 0 Å². The SMILES string of the molecule is C[C@@H]1CN(C(=O)c2ccc(Cn3cccn3)cc2)C[C@H](C)O1. The monoisotopic (exact) mass is 299 g/mol. The molecular formula is C17H21N3O2. The van der Waals surface area contributed by atoms with Gasteiger partial charge >= 0.3 is 0 Å². The minimum Gasteiger partial charge on any atom is -0.372 e. The minimum atomic E-state index is 0.0765. The maximum Gasteiger partial charge on any atom is 0.254 e. The fourth-order valence-corrected chi connectivity index (χ4v) is 2.86. The number of benzene rings is 1. The quantitative estimate of drug-likeness (QED) is 0.873. The van der Waals surface area contributed by atoms with Gasteiger partial charge in [0.15, 0.2) is 0 Å². The molecule has 0 unspecified atom stereocenters. The van der Waals surface area contributed by atoms with Crippen LogP contribution in [0.4, 0.5) is 0 Å². The molecule has 2 heterocycles. The lowest BCUT2D eigenvalue weighted by molar-refractivity contribution is -0.0586. The summed E-state index contributed by atoms with van der Waals surface area (Å²) in [6.07, 6.45) is 3.87. The molecule has 1 saturated heterocycles. The zero-order valence-electron chi connectivity index (χ0n) is 13.0. The molecule has 3 rings (SSSR count). The summed E-state index contributed by atoms with van der Waals surface area (Å²) in [5.74, 6) is 0.0765. The van der Waals surface area contributed by atoms with Gasteiger partial charge in [0.2, 0.25) is 0 Å². The zero-order valence-corrected chi connectivity index (χ0v) is 13.0. The Kier molecular flexibility index (Phi) is 4.24. The predicted molar refractivity (Wildman–Crippen MR) is 83.7 cm³/mol. The van der Waals surface area contributed by atoms with E-state index in [9.17, 15) is 4.79 Å². The Balaban J connectivity index is 1.68. The van der Waals surface area contributed by atoms with Crippen molar-refractivity contribution in [2.75, 3.05) is 13.1 Å². The molecule has 1 aromatic carbocycles. The first-order chi connectivity index (χ1) is 10.6. The molecule has 0 N–H and O–H groups in total. The second-order valence-electron chi connectivity index (χ2n) is 5.87. The number of morpholine rings is 1. The molecule has 1 fully saturated rings.